The number of carbonyl (C=O) groups excluding carboxylic acids is 2. The lowest BCUT2D eigenvalue weighted by molar-refractivity contribution is -0.139. The number of rotatable bonds is 12. The molecule has 2 heterocycles. The third-order valence-corrected chi connectivity index (χ3v) is 6.90. The van der Waals surface area contributed by atoms with Gasteiger partial charge in [-0.1, -0.05) is 19.9 Å². The van der Waals surface area contributed by atoms with Gasteiger partial charge in [-0.2, -0.15) is 0 Å². The molecule has 1 fully saturated rings. The van der Waals surface area contributed by atoms with Gasteiger partial charge < -0.3 is 33.9 Å². The van der Waals surface area contributed by atoms with E-state index in [4.69, 9.17) is 18.9 Å². The maximum absolute atomic E-state index is 13.5. The Labute approximate surface area is 236 Å². The number of ether oxygens (including phenoxy) is 4. The molecule has 2 aliphatic rings. The average molecular weight is 553 g/mol. The molecule has 40 heavy (non-hydrogen) atoms. The monoisotopic (exact) mass is 552 g/mol. The molecule has 0 spiro atoms. The number of likely N-dealkylation sites (tertiary alicyclic amines) is 1. The molecule has 0 aromatic heterocycles. The summed E-state index contributed by atoms with van der Waals surface area (Å²) in [5, 5.41) is 11.5. The van der Waals surface area contributed by atoms with Crippen LogP contribution in [0.4, 0.5) is 0 Å². The summed E-state index contributed by atoms with van der Waals surface area (Å²) in [5.41, 5.74) is 1.06. The number of hydrogen-bond donors (Lipinski definition) is 1. The molecule has 0 bridgehead atoms. The smallest absolute Gasteiger partial charge is 0.295 e. The summed E-state index contributed by atoms with van der Waals surface area (Å²) in [5.74, 6) is 1.05. The van der Waals surface area contributed by atoms with Gasteiger partial charge in [-0.3, -0.25) is 9.59 Å². The van der Waals surface area contributed by atoms with E-state index in [0.29, 0.717) is 79.4 Å². The third kappa shape index (κ3) is 6.53. The van der Waals surface area contributed by atoms with Crippen LogP contribution in [0, 0.1) is 5.92 Å². The Morgan fingerprint density at radius 1 is 1.05 bits per heavy atom. The highest BCUT2D eigenvalue weighted by Crippen LogP contribution is 2.43. The molecule has 1 N–H and O–H groups in total. The van der Waals surface area contributed by atoms with E-state index in [1.165, 1.54) is 0 Å². The van der Waals surface area contributed by atoms with Gasteiger partial charge in [0.2, 0.25) is 0 Å². The van der Waals surface area contributed by atoms with Crippen LogP contribution >= 0.6 is 0 Å². The largest absolute Gasteiger partial charge is 0.507 e. The molecule has 9 heteroatoms. The molecule has 2 aromatic rings. The maximum atomic E-state index is 13.5. The molecule has 0 saturated carbocycles. The zero-order valence-electron chi connectivity index (χ0n) is 24.1. The highest BCUT2D eigenvalue weighted by Gasteiger charge is 2.46. The lowest BCUT2D eigenvalue weighted by Crippen LogP contribution is -2.32. The third-order valence-electron chi connectivity index (χ3n) is 6.90. The fourth-order valence-corrected chi connectivity index (χ4v) is 4.85. The minimum atomic E-state index is -0.792. The standard InChI is InChI=1S/C31H40N2O7/c1-6-37-25-18-21(8-10-23(25)38-15-12-20(2)3)28-27(30(35)31(36)33(28)14-7-13-32(4)5)29(34)22-9-11-24-26(19-22)40-17-16-39-24/h8-11,18-20,28,34H,6-7,12-17H2,1-5H3/b29-27+/t28-/m1/s1. The first kappa shape index (κ1) is 29.3. The first-order chi connectivity index (χ1) is 19.2. The van der Waals surface area contributed by atoms with E-state index in [1.54, 1.807) is 29.2 Å². The first-order valence-electron chi connectivity index (χ1n) is 13.9. The summed E-state index contributed by atoms with van der Waals surface area (Å²) in [4.78, 5) is 30.4. The first-order valence-corrected chi connectivity index (χ1v) is 13.9. The second-order valence-electron chi connectivity index (χ2n) is 10.7. The predicted molar refractivity (Wildman–Crippen MR) is 152 cm³/mol. The van der Waals surface area contributed by atoms with Crippen LogP contribution in [0.3, 0.4) is 0 Å². The average Bonchev–Trinajstić information content (AvgIpc) is 3.18. The zero-order valence-corrected chi connectivity index (χ0v) is 24.1. The second kappa shape index (κ2) is 13.1. The molecule has 2 aliphatic heterocycles. The Bertz CT molecular complexity index is 1250. The van der Waals surface area contributed by atoms with E-state index in [0.717, 1.165) is 13.0 Å². The molecule has 216 valence electrons. The molecule has 4 rings (SSSR count). The molecule has 9 nitrogen and oxygen atoms in total. The summed E-state index contributed by atoms with van der Waals surface area (Å²) < 4.78 is 23.2. The van der Waals surface area contributed by atoms with E-state index < -0.39 is 17.7 Å². The quantitative estimate of drug-likeness (QED) is 0.231. The van der Waals surface area contributed by atoms with Gasteiger partial charge in [0.25, 0.3) is 11.7 Å². The van der Waals surface area contributed by atoms with Gasteiger partial charge in [0.05, 0.1) is 24.8 Å². The van der Waals surface area contributed by atoms with Crippen molar-refractivity contribution in [1.82, 2.24) is 9.80 Å². The Morgan fingerprint density at radius 3 is 2.50 bits per heavy atom. The van der Waals surface area contributed by atoms with Crippen molar-refractivity contribution in [3.05, 3.63) is 53.1 Å². The van der Waals surface area contributed by atoms with E-state index in [9.17, 15) is 14.7 Å². The molecule has 1 saturated heterocycles. The van der Waals surface area contributed by atoms with Gasteiger partial charge in [-0.15, -0.1) is 0 Å². The molecule has 0 unspecified atom stereocenters. The predicted octanol–water partition coefficient (Wildman–Crippen LogP) is 4.65. The second-order valence-corrected chi connectivity index (χ2v) is 10.7. The van der Waals surface area contributed by atoms with E-state index in [1.807, 2.05) is 38.1 Å². The van der Waals surface area contributed by atoms with E-state index >= 15 is 0 Å². The van der Waals surface area contributed by atoms with Crippen molar-refractivity contribution in [2.75, 3.05) is 53.6 Å². The Balaban J connectivity index is 1.77. The summed E-state index contributed by atoms with van der Waals surface area (Å²) in [6, 6.07) is 9.65. The minimum absolute atomic E-state index is 0.0301. The number of ketones is 1. The van der Waals surface area contributed by atoms with Gasteiger partial charge in [0, 0.05) is 12.1 Å². The number of amides is 1. The van der Waals surface area contributed by atoms with Crippen molar-refractivity contribution in [3.63, 3.8) is 0 Å². The van der Waals surface area contributed by atoms with Gasteiger partial charge in [0.1, 0.15) is 19.0 Å². The van der Waals surface area contributed by atoms with Crippen molar-refractivity contribution < 1.29 is 33.6 Å². The maximum Gasteiger partial charge on any atom is 0.295 e. The Morgan fingerprint density at radius 2 is 1.80 bits per heavy atom. The molecule has 2 aromatic carbocycles. The molecule has 0 radical (unpaired) electrons. The fourth-order valence-electron chi connectivity index (χ4n) is 4.85. The van der Waals surface area contributed by atoms with Crippen LogP contribution in [0.5, 0.6) is 23.0 Å². The van der Waals surface area contributed by atoms with E-state index in [-0.39, 0.29) is 11.3 Å². The number of Topliss-reactive ketones (excluding diaryl/α,β-unsaturated/α-hetero) is 1. The van der Waals surface area contributed by atoms with Crippen molar-refractivity contribution in [2.24, 2.45) is 5.92 Å². The Kier molecular flexibility index (Phi) is 9.58. The summed E-state index contributed by atoms with van der Waals surface area (Å²) >= 11 is 0. The highest BCUT2D eigenvalue weighted by molar-refractivity contribution is 6.46. The number of aliphatic hydroxyl groups is 1. The van der Waals surface area contributed by atoms with Gasteiger partial charge in [-0.25, -0.2) is 0 Å². The van der Waals surface area contributed by atoms with Crippen molar-refractivity contribution in [3.8, 4) is 23.0 Å². The molecule has 1 atom stereocenters. The molecule has 1 amide bonds. The highest BCUT2D eigenvalue weighted by atomic mass is 16.6. The number of nitrogens with zero attached hydrogens (tertiary/aromatic N) is 2. The topological polar surface area (TPSA) is 97.8 Å². The number of hydrogen-bond acceptors (Lipinski definition) is 8. The zero-order chi connectivity index (χ0) is 28.8. The van der Waals surface area contributed by atoms with Crippen LogP contribution in [-0.4, -0.2) is 80.2 Å². The summed E-state index contributed by atoms with van der Waals surface area (Å²) in [7, 11) is 3.92. The SMILES string of the molecule is CCOc1cc([C@@H]2/C(=C(\O)c3ccc4c(c3)OCCO4)C(=O)C(=O)N2CCCN(C)C)ccc1OCCC(C)C. The normalized spacial score (nSPS) is 18.1. The lowest BCUT2D eigenvalue weighted by atomic mass is 9.94. The molecular weight excluding hydrogens is 512 g/mol. The van der Waals surface area contributed by atoms with Crippen LogP contribution in [-0.2, 0) is 9.59 Å². The van der Waals surface area contributed by atoms with Crippen LogP contribution in [0.2, 0.25) is 0 Å². The van der Waals surface area contributed by atoms with Crippen LogP contribution in [0.1, 0.15) is 50.8 Å². The number of carbonyl (C=O) groups is 2. The molecule has 0 aliphatic carbocycles. The van der Waals surface area contributed by atoms with Gasteiger partial charge >= 0.3 is 0 Å². The van der Waals surface area contributed by atoms with Crippen molar-refractivity contribution >= 4 is 17.4 Å². The summed E-state index contributed by atoms with van der Waals surface area (Å²) in [6.07, 6.45) is 1.56. The lowest BCUT2D eigenvalue weighted by Gasteiger charge is -2.27. The van der Waals surface area contributed by atoms with Gasteiger partial charge in [-0.05, 0) is 82.2 Å². The van der Waals surface area contributed by atoms with E-state index in [2.05, 4.69) is 13.8 Å². The minimum Gasteiger partial charge on any atom is -0.507 e. The van der Waals surface area contributed by atoms with Crippen LogP contribution in [0.15, 0.2) is 42.0 Å². The van der Waals surface area contributed by atoms with Crippen LogP contribution < -0.4 is 18.9 Å². The Hall–Kier alpha value is -3.72. The summed E-state index contributed by atoms with van der Waals surface area (Å²) in [6.45, 7) is 9.05. The van der Waals surface area contributed by atoms with Gasteiger partial charge in [0.15, 0.2) is 23.0 Å². The number of aliphatic hydroxyl groups excluding tert-OH is 1. The van der Waals surface area contributed by atoms with Crippen molar-refractivity contribution in [2.45, 2.75) is 39.7 Å². The molecular formula is C31H40N2O7. The number of benzene rings is 2. The van der Waals surface area contributed by atoms with Crippen molar-refractivity contribution in [1.29, 1.82) is 0 Å². The van der Waals surface area contributed by atoms with Crippen LogP contribution in [0.25, 0.3) is 5.76 Å². The fraction of sp³-hybridized carbons (Fsp3) is 0.484. The number of fused-ring (bicyclic) bond motifs is 1.